The van der Waals surface area contributed by atoms with Crippen LogP contribution in [0.4, 0.5) is 0 Å². The van der Waals surface area contributed by atoms with E-state index >= 15 is 0 Å². The van der Waals surface area contributed by atoms with Gasteiger partial charge in [0.2, 0.25) is 0 Å². The second-order valence-electron chi connectivity index (χ2n) is 5.86. The van der Waals surface area contributed by atoms with E-state index in [0.717, 1.165) is 16.7 Å². The topological polar surface area (TPSA) is 26.3 Å². The number of hydrogen-bond acceptors (Lipinski definition) is 2. The van der Waals surface area contributed by atoms with Crippen LogP contribution in [-0.4, -0.2) is 21.7 Å². The normalized spacial score (nSPS) is 14.9. The molecule has 2 nitrogen and oxygen atoms in total. The van der Waals surface area contributed by atoms with E-state index in [1.54, 1.807) is 6.07 Å². The fraction of sp³-hybridized carbons (Fsp3) is 0.0500. The highest BCUT2D eigenvalue weighted by Gasteiger charge is 2.48. The van der Waals surface area contributed by atoms with Crippen molar-refractivity contribution in [3.63, 3.8) is 0 Å². The summed E-state index contributed by atoms with van der Waals surface area (Å²) < 4.78 is 5.95. The third kappa shape index (κ3) is 2.10. The lowest BCUT2D eigenvalue weighted by Gasteiger charge is -2.30. The Morgan fingerprint density at radius 3 is 1.75 bits per heavy atom. The van der Waals surface area contributed by atoms with Crippen LogP contribution in [0.25, 0.3) is 0 Å². The van der Waals surface area contributed by atoms with Crippen LogP contribution in [-0.2, 0) is 10.3 Å². The molecule has 3 aromatic rings. The Hall–Kier alpha value is -2.74. The Labute approximate surface area is 143 Å². The van der Waals surface area contributed by atoms with Crippen molar-refractivity contribution in [2.45, 2.75) is 5.60 Å². The Kier molecular flexibility index (Phi) is 3.34. The first kappa shape index (κ1) is 14.8. The summed E-state index contributed by atoms with van der Waals surface area (Å²) >= 11 is 0. The van der Waals surface area contributed by atoms with Gasteiger partial charge in [0, 0.05) is 16.7 Å². The van der Waals surface area contributed by atoms with Crippen LogP contribution in [0.15, 0.2) is 72.8 Å². The SMILES string of the molecule is [B]c1ccc(C2(c3ccc([B])cc3)OC(=O)c3ccccc32)cc1. The van der Waals surface area contributed by atoms with Crippen LogP contribution >= 0.6 is 0 Å². The average Bonchev–Trinajstić information content (AvgIpc) is 2.91. The van der Waals surface area contributed by atoms with Crippen LogP contribution < -0.4 is 10.9 Å². The van der Waals surface area contributed by atoms with Crippen molar-refractivity contribution in [3.05, 3.63) is 95.1 Å². The van der Waals surface area contributed by atoms with Gasteiger partial charge in [0.25, 0.3) is 0 Å². The average molecular weight is 306 g/mol. The highest BCUT2D eigenvalue weighted by Crippen LogP contribution is 2.46. The number of benzene rings is 3. The van der Waals surface area contributed by atoms with Crippen LogP contribution in [0, 0.1) is 0 Å². The molecule has 0 fully saturated rings. The van der Waals surface area contributed by atoms with E-state index in [1.165, 1.54) is 0 Å². The molecular weight excluding hydrogens is 294 g/mol. The van der Waals surface area contributed by atoms with Gasteiger partial charge in [-0.25, -0.2) is 4.79 Å². The van der Waals surface area contributed by atoms with Crippen molar-refractivity contribution in [3.8, 4) is 0 Å². The molecule has 4 radical (unpaired) electrons. The van der Waals surface area contributed by atoms with Crippen molar-refractivity contribution in [2.75, 3.05) is 0 Å². The molecule has 0 amide bonds. The molecular formula is C20H12B2O2. The van der Waals surface area contributed by atoms with E-state index in [1.807, 2.05) is 66.7 Å². The predicted molar refractivity (Wildman–Crippen MR) is 95.4 cm³/mol. The number of cyclic esters (lactones) is 1. The molecule has 1 aliphatic heterocycles. The number of carbonyl (C=O) groups excluding carboxylic acids is 1. The molecule has 0 spiro atoms. The van der Waals surface area contributed by atoms with Crippen molar-refractivity contribution in [1.82, 2.24) is 0 Å². The Bertz CT molecular complexity index is 870. The minimum atomic E-state index is -0.991. The van der Waals surface area contributed by atoms with Crippen molar-refractivity contribution >= 4 is 32.6 Å². The van der Waals surface area contributed by atoms with E-state index in [4.69, 9.17) is 20.4 Å². The molecule has 0 saturated heterocycles. The zero-order valence-electron chi connectivity index (χ0n) is 12.9. The minimum absolute atomic E-state index is 0.334. The first-order valence-electron chi connectivity index (χ1n) is 7.66. The van der Waals surface area contributed by atoms with Crippen LogP contribution in [0.3, 0.4) is 0 Å². The summed E-state index contributed by atoms with van der Waals surface area (Å²) in [5.41, 5.74) is 3.41. The van der Waals surface area contributed by atoms with Gasteiger partial charge in [-0.2, -0.15) is 0 Å². The molecule has 3 aromatic carbocycles. The second-order valence-corrected chi connectivity index (χ2v) is 5.86. The van der Waals surface area contributed by atoms with E-state index in [0.29, 0.717) is 16.5 Å². The van der Waals surface area contributed by atoms with Gasteiger partial charge in [-0.05, 0) is 6.07 Å². The van der Waals surface area contributed by atoms with Gasteiger partial charge in [0.05, 0.1) is 5.56 Å². The lowest BCUT2D eigenvalue weighted by Crippen LogP contribution is -2.30. The second kappa shape index (κ2) is 5.41. The van der Waals surface area contributed by atoms with Gasteiger partial charge in [0.1, 0.15) is 15.7 Å². The molecule has 1 aliphatic rings. The maximum atomic E-state index is 12.5. The smallest absolute Gasteiger partial charge is 0.340 e. The van der Waals surface area contributed by atoms with Crippen molar-refractivity contribution in [2.24, 2.45) is 0 Å². The summed E-state index contributed by atoms with van der Waals surface area (Å²) in [5.74, 6) is -0.334. The molecule has 0 aliphatic carbocycles. The monoisotopic (exact) mass is 306 g/mol. The number of hydrogen-bond donors (Lipinski definition) is 0. The number of esters is 1. The number of carbonyl (C=O) groups is 1. The van der Waals surface area contributed by atoms with Crippen molar-refractivity contribution in [1.29, 1.82) is 0 Å². The third-order valence-electron chi connectivity index (χ3n) is 4.41. The molecule has 0 N–H and O–H groups in total. The Morgan fingerprint density at radius 1 is 0.708 bits per heavy atom. The molecule has 0 unspecified atom stereocenters. The molecule has 0 aromatic heterocycles. The standard InChI is InChI=1S/C20H12B2O2/c21-15-9-5-13(6-10-15)20(14-7-11-16(22)12-8-14)18-4-2-1-3-17(18)19(23)24-20/h1-12H. The third-order valence-corrected chi connectivity index (χ3v) is 4.41. The molecule has 110 valence electrons. The molecule has 0 atom stereocenters. The highest BCUT2D eigenvalue weighted by molar-refractivity contribution is 6.32. The summed E-state index contributed by atoms with van der Waals surface area (Å²) in [6, 6.07) is 22.2. The van der Waals surface area contributed by atoms with E-state index in [9.17, 15) is 4.79 Å². The first-order chi connectivity index (χ1) is 11.6. The zero-order valence-corrected chi connectivity index (χ0v) is 12.9. The van der Waals surface area contributed by atoms with Crippen LogP contribution in [0.1, 0.15) is 27.0 Å². The quantitative estimate of drug-likeness (QED) is 0.532. The summed E-state index contributed by atoms with van der Waals surface area (Å²) in [4.78, 5) is 12.5. The van der Waals surface area contributed by atoms with Gasteiger partial charge >= 0.3 is 5.97 Å². The summed E-state index contributed by atoms with van der Waals surface area (Å²) in [6.45, 7) is 0. The van der Waals surface area contributed by atoms with Gasteiger partial charge in [0.15, 0.2) is 5.60 Å². The summed E-state index contributed by atoms with van der Waals surface area (Å²) in [6.07, 6.45) is 0. The van der Waals surface area contributed by atoms with Gasteiger partial charge in [-0.3, -0.25) is 0 Å². The molecule has 0 saturated carbocycles. The van der Waals surface area contributed by atoms with E-state index in [-0.39, 0.29) is 5.97 Å². The van der Waals surface area contributed by atoms with Crippen LogP contribution in [0.2, 0.25) is 0 Å². The minimum Gasteiger partial charge on any atom is -0.441 e. The number of rotatable bonds is 2. The first-order valence-corrected chi connectivity index (χ1v) is 7.66. The van der Waals surface area contributed by atoms with E-state index < -0.39 is 5.60 Å². The molecule has 0 bridgehead atoms. The zero-order chi connectivity index (χ0) is 16.7. The van der Waals surface area contributed by atoms with Gasteiger partial charge in [-0.15, -0.1) is 0 Å². The maximum absolute atomic E-state index is 12.5. The molecule has 1 heterocycles. The largest absolute Gasteiger partial charge is 0.441 e. The lowest BCUT2D eigenvalue weighted by atomic mass is 9.78. The van der Waals surface area contributed by atoms with E-state index in [2.05, 4.69) is 0 Å². The van der Waals surface area contributed by atoms with Gasteiger partial charge < -0.3 is 4.74 Å². The fourth-order valence-electron chi connectivity index (χ4n) is 3.25. The number of fused-ring (bicyclic) bond motifs is 1. The number of ether oxygens (including phenoxy) is 1. The lowest BCUT2D eigenvalue weighted by molar-refractivity contribution is 0.0251. The van der Waals surface area contributed by atoms with Crippen LogP contribution in [0.5, 0.6) is 0 Å². The Balaban J connectivity index is 2.03. The molecule has 4 rings (SSSR count). The van der Waals surface area contributed by atoms with Gasteiger partial charge in [-0.1, -0.05) is 77.7 Å². The Morgan fingerprint density at radius 2 is 1.21 bits per heavy atom. The summed E-state index contributed by atoms with van der Waals surface area (Å²) in [7, 11) is 11.6. The molecule has 24 heavy (non-hydrogen) atoms. The molecule has 4 heteroatoms. The highest BCUT2D eigenvalue weighted by atomic mass is 16.6. The predicted octanol–water partition coefficient (Wildman–Crippen LogP) is 1.74. The maximum Gasteiger partial charge on any atom is 0.340 e. The summed E-state index contributed by atoms with van der Waals surface area (Å²) in [5, 5.41) is 0. The fourth-order valence-corrected chi connectivity index (χ4v) is 3.25. The van der Waals surface area contributed by atoms with Crippen molar-refractivity contribution < 1.29 is 9.53 Å².